The SMILES string of the molecule is COc1cc(-c2c[nH]n(-c3ccc(C(=O)NCCCN(C)C)cn3)c2=O)ccn1. The zero-order chi connectivity index (χ0) is 20.8. The van der Waals surface area contributed by atoms with Gasteiger partial charge < -0.3 is 15.0 Å². The molecule has 3 aromatic rings. The van der Waals surface area contributed by atoms with Crippen LogP contribution in [0.25, 0.3) is 16.9 Å². The van der Waals surface area contributed by atoms with Gasteiger partial charge in [0.2, 0.25) is 5.88 Å². The number of rotatable bonds is 8. The first-order chi connectivity index (χ1) is 14.0. The van der Waals surface area contributed by atoms with Crippen LogP contribution in [-0.2, 0) is 0 Å². The Bertz CT molecular complexity index is 1020. The molecule has 0 radical (unpaired) electrons. The molecule has 0 aliphatic heterocycles. The van der Waals surface area contributed by atoms with E-state index in [0.29, 0.717) is 34.9 Å². The molecule has 3 aromatic heterocycles. The number of nitrogens with one attached hydrogen (secondary N) is 2. The van der Waals surface area contributed by atoms with Crippen LogP contribution in [0.3, 0.4) is 0 Å². The molecule has 0 aliphatic carbocycles. The van der Waals surface area contributed by atoms with E-state index in [1.165, 1.54) is 18.0 Å². The van der Waals surface area contributed by atoms with Crippen LogP contribution in [0.2, 0.25) is 0 Å². The van der Waals surface area contributed by atoms with Gasteiger partial charge >= 0.3 is 0 Å². The minimum atomic E-state index is -0.258. The van der Waals surface area contributed by atoms with Crippen LogP contribution in [-0.4, -0.2) is 64.9 Å². The fraction of sp³-hybridized carbons (Fsp3) is 0.300. The van der Waals surface area contributed by atoms with Gasteiger partial charge in [-0.15, -0.1) is 0 Å². The van der Waals surface area contributed by atoms with Crippen LogP contribution in [0, 0.1) is 0 Å². The summed E-state index contributed by atoms with van der Waals surface area (Å²) in [5, 5.41) is 5.76. The van der Waals surface area contributed by atoms with Gasteiger partial charge in [0, 0.05) is 31.2 Å². The van der Waals surface area contributed by atoms with Crippen molar-refractivity contribution in [2.24, 2.45) is 0 Å². The molecule has 0 atom stereocenters. The quantitative estimate of drug-likeness (QED) is 0.556. The molecule has 0 bridgehead atoms. The van der Waals surface area contributed by atoms with E-state index in [9.17, 15) is 9.59 Å². The normalized spacial score (nSPS) is 10.9. The summed E-state index contributed by atoms with van der Waals surface area (Å²) in [6, 6.07) is 6.69. The Hall–Kier alpha value is -3.46. The molecular weight excluding hydrogens is 372 g/mol. The maximum absolute atomic E-state index is 12.8. The van der Waals surface area contributed by atoms with Gasteiger partial charge in [0.1, 0.15) is 0 Å². The molecule has 0 spiro atoms. The van der Waals surface area contributed by atoms with E-state index in [2.05, 4.69) is 25.3 Å². The van der Waals surface area contributed by atoms with Crippen molar-refractivity contribution in [2.45, 2.75) is 6.42 Å². The van der Waals surface area contributed by atoms with Crippen molar-refractivity contribution >= 4 is 5.91 Å². The number of methoxy groups -OCH3 is 1. The number of H-pyrrole nitrogens is 1. The van der Waals surface area contributed by atoms with Crippen molar-refractivity contribution in [3.05, 3.63) is 58.8 Å². The largest absolute Gasteiger partial charge is 0.481 e. The molecule has 0 saturated heterocycles. The lowest BCUT2D eigenvalue weighted by atomic mass is 10.1. The lowest BCUT2D eigenvalue weighted by Crippen LogP contribution is -2.27. The number of carbonyl (C=O) groups is 1. The van der Waals surface area contributed by atoms with E-state index in [4.69, 9.17) is 4.74 Å². The zero-order valence-corrected chi connectivity index (χ0v) is 16.7. The average Bonchev–Trinajstić information content (AvgIpc) is 3.12. The molecule has 29 heavy (non-hydrogen) atoms. The van der Waals surface area contributed by atoms with Gasteiger partial charge in [-0.3, -0.25) is 14.7 Å². The fourth-order valence-electron chi connectivity index (χ4n) is 2.79. The fourth-order valence-corrected chi connectivity index (χ4v) is 2.79. The van der Waals surface area contributed by atoms with E-state index >= 15 is 0 Å². The zero-order valence-electron chi connectivity index (χ0n) is 16.7. The second-order valence-corrected chi connectivity index (χ2v) is 6.73. The molecule has 152 valence electrons. The van der Waals surface area contributed by atoms with Gasteiger partial charge in [0.15, 0.2) is 5.82 Å². The first kappa shape index (κ1) is 20.3. The van der Waals surface area contributed by atoms with E-state index in [-0.39, 0.29) is 11.5 Å². The van der Waals surface area contributed by atoms with Gasteiger partial charge in [-0.2, -0.15) is 0 Å². The Morgan fingerprint density at radius 1 is 1.28 bits per heavy atom. The minimum absolute atomic E-state index is 0.189. The van der Waals surface area contributed by atoms with Crippen LogP contribution >= 0.6 is 0 Å². The summed E-state index contributed by atoms with van der Waals surface area (Å²) in [5.41, 5.74) is 1.34. The predicted molar refractivity (Wildman–Crippen MR) is 109 cm³/mol. The molecule has 1 amide bonds. The molecule has 3 rings (SSSR count). The van der Waals surface area contributed by atoms with Crippen LogP contribution in [0.4, 0.5) is 0 Å². The Morgan fingerprint density at radius 3 is 2.79 bits per heavy atom. The molecule has 3 heterocycles. The van der Waals surface area contributed by atoms with Gasteiger partial charge in [-0.1, -0.05) is 0 Å². The first-order valence-electron chi connectivity index (χ1n) is 9.20. The smallest absolute Gasteiger partial charge is 0.280 e. The lowest BCUT2D eigenvalue weighted by molar-refractivity contribution is 0.0952. The topological polar surface area (TPSA) is 105 Å². The van der Waals surface area contributed by atoms with Crippen molar-refractivity contribution < 1.29 is 9.53 Å². The standard InChI is InChI=1S/C20H24N6O3/c1-25(2)10-4-8-22-19(27)15-5-6-17(23-12-15)26-20(28)16(13-24-26)14-7-9-21-18(11-14)29-3/h5-7,9,11-13,24H,4,8,10H2,1-3H3,(H,22,27). The molecule has 0 aliphatic rings. The van der Waals surface area contributed by atoms with Gasteiger partial charge in [-0.25, -0.2) is 14.6 Å². The average molecular weight is 396 g/mol. The van der Waals surface area contributed by atoms with E-state index < -0.39 is 0 Å². The highest BCUT2D eigenvalue weighted by Crippen LogP contribution is 2.19. The van der Waals surface area contributed by atoms with E-state index in [1.807, 2.05) is 14.1 Å². The highest BCUT2D eigenvalue weighted by molar-refractivity contribution is 5.93. The maximum Gasteiger partial charge on any atom is 0.280 e. The highest BCUT2D eigenvalue weighted by atomic mass is 16.5. The molecule has 0 saturated carbocycles. The van der Waals surface area contributed by atoms with E-state index in [0.717, 1.165) is 13.0 Å². The summed E-state index contributed by atoms with van der Waals surface area (Å²) in [4.78, 5) is 35.3. The molecule has 0 unspecified atom stereocenters. The number of aromatic nitrogens is 4. The van der Waals surface area contributed by atoms with Gasteiger partial charge in [0.25, 0.3) is 11.5 Å². The summed E-state index contributed by atoms with van der Waals surface area (Å²) in [7, 11) is 5.50. The second-order valence-electron chi connectivity index (χ2n) is 6.73. The Balaban J connectivity index is 1.73. The van der Waals surface area contributed by atoms with Crippen LogP contribution in [0.1, 0.15) is 16.8 Å². The van der Waals surface area contributed by atoms with Crippen LogP contribution in [0.5, 0.6) is 5.88 Å². The molecular formula is C20H24N6O3. The van der Waals surface area contributed by atoms with E-state index in [1.54, 1.807) is 36.7 Å². The molecule has 2 N–H and O–H groups in total. The molecule has 0 fully saturated rings. The van der Waals surface area contributed by atoms with Gasteiger partial charge in [-0.05, 0) is 50.8 Å². The predicted octanol–water partition coefficient (Wildman–Crippen LogP) is 1.31. The lowest BCUT2D eigenvalue weighted by Gasteiger charge is -2.10. The second kappa shape index (κ2) is 9.16. The number of nitrogens with zero attached hydrogens (tertiary/aromatic N) is 4. The third kappa shape index (κ3) is 4.88. The van der Waals surface area contributed by atoms with Crippen molar-refractivity contribution in [2.75, 3.05) is 34.3 Å². The minimum Gasteiger partial charge on any atom is -0.481 e. The Kier molecular flexibility index (Phi) is 6.40. The molecule has 9 nitrogen and oxygen atoms in total. The number of pyridine rings is 2. The van der Waals surface area contributed by atoms with Crippen LogP contribution in [0.15, 0.2) is 47.7 Å². The molecule has 0 aromatic carbocycles. The third-order valence-electron chi connectivity index (χ3n) is 4.33. The Labute approximate surface area is 168 Å². The summed E-state index contributed by atoms with van der Waals surface area (Å²) in [6.07, 6.45) is 5.50. The third-order valence-corrected chi connectivity index (χ3v) is 4.33. The summed E-state index contributed by atoms with van der Waals surface area (Å²) in [6.45, 7) is 1.49. The van der Waals surface area contributed by atoms with Crippen molar-refractivity contribution in [1.82, 2.24) is 30.0 Å². The summed E-state index contributed by atoms with van der Waals surface area (Å²) in [5.74, 6) is 0.631. The van der Waals surface area contributed by atoms with Crippen LogP contribution < -0.4 is 15.6 Å². The summed E-state index contributed by atoms with van der Waals surface area (Å²) < 4.78 is 6.43. The highest BCUT2D eigenvalue weighted by Gasteiger charge is 2.13. The first-order valence-corrected chi connectivity index (χ1v) is 9.20. The number of ether oxygens (including phenoxy) is 1. The molecule has 9 heteroatoms. The number of carbonyl (C=O) groups excluding carboxylic acids is 1. The Morgan fingerprint density at radius 2 is 2.10 bits per heavy atom. The number of hydrogen-bond donors (Lipinski definition) is 2. The van der Waals surface area contributed by atoms with Crippen molar-refractivity contribution in [1.29, 1.82) is 0 Å². The number of hydrogen-bond acceptors (Lipinski definition) is 6. The monoisotopic (exact) mass is 396 g/mol. The number of aromatic amines is 1. The van der Waals surface area contributed by atoms with Crippen molar-refractivity contribution in [3.63, 3.8) is 0 Å². The summed E-state index contributed by atoms with van der Waals surface area (Å²) >= 11 is 0. The van der Waals surface area contributed by atoms with Crippen molar-refractivity contribution in [3.8, 4) is 22.8 Å². The maximum atomic E-state index is 12.8. The number of amides is 1. The van der Waals surface area contributed by atoms with Gasteiger partial charge in [0.05, 0.1) is 18.2 Å².